The maximum atomic E-state index is 11.9. The van der Waals surface area contributed by atoms with Gasteiger partial charge in [-0.3, -0.25) is 4.79 Å². The fraction of sp³-hybridized carbons (Fsp3) is 0.188. The quantitative estimate of drug-likeness (QED) is 0.556. The van der Waals surface area contributed by atoms with Crippen molar-refractivity contribution in [2.45, 2.75) is 19.1 Å². The van der Waals surface area contributed by atoms with Crippen LogP contribution in [0.5, 0.6) is 0 Å². The monoisotopic (exact) mass is 286 g/mol. The largest absolute Gasteiger partial charge is 0.464 e. The molecule has 21 heavy (non-hydrogen) atoms. The number of furan rings is 2. The highest BCUT2D eigenvalue weighted by Crippen LogP contribution is 2.31. The van der Waals surface area contributed by atoms with E-state index in [2.05, 4.69) is 0 Å². The van der Waals surface area contributed by atoms with Gasteiger partial charge in [0.05, 0.1) is 12.5 Å². The van der Waals surface area contributed by atoms with Crippen LogP contribution in [-0.2, 0) is 0 Å². The van der Waals surface area contributed by atoms with Gasteiger partial charge in [0, 0.05) is 29.4 Å². The lowest BCUT2D eigenvalue weighted by Crippen LogP contribution is -2.07. The van der Waals surface area contributed by atoms with Crippen LogP contribution in [0.25, 0.3) is 22.1 Å². The van der Waals surface area contributed by atoms with Crippen LogP contribution >= 0.6 is 0 Å². The molecule has 0 aliphatic rings. The van der Waals surface area contributed by atoms with Crippen LogP contribution in [-0.4, -0.2) is 22.3 Å². The lowest BCUT2D eigenvalue weighted by atomic mass is 10.1. The van der Waals surface area contributed by atoms with Gasteiger partial charge in [0.15, 0.2) is 17.8 Å². The Morgan fingerprint density at radius 1 is 1.14 bits per heavy atom. The van der Waals surface area contributed by atoms with Crippen molar-refractivity contribution in [3.05, 3.63) is 48.6 Å². The number of para-hydroxylation sites is 1. The predicted molar refractivity (Wildman–Crippen MR) is 75.7 cm³/mol. The number of carbonyl (C=O) groups excluding carboxylic acids is 1. The number of carbonyl (C=O) groups is 1. The van der Waals surface area contributed by atoms with Crippen LogP contribution < -0.4 is 0 Å². The lowest BCUT2D eigenvalue weighted by molar-refractivity contribution is -0.0451. The van der Waals surface area contributed by atoms with E-state index in [9.17, 15) is 4.79 Å². The fourth-order valence-corrected chi connectivity index (χ4v) is 2.21. The molecule has 0 spiro atoms. The molecule has 0 aliphatic carbocycles. The zero-order valence-electron chi connectivity index (χ0n) is 11.2. The Balaban J connectivity index is 1.86. The van der Waals surface area contributed by atoms with Crippen LogP contribution in [0.3, 0.4) is 0 Å². The highest BCUT2D eigenvalue weighted by Gasteiger charge is 2.15. The summed E-state index contributed by atoms with van der Waals surface area (Å²) >= 11 is 0. The first kappa shape index (κ1) is 13.6. The van der Waals surface area contributed by atoms with Crippen molar-refractivity contribution >= 4 is 16.8 Å². The number of ketones is 1. The highest BCUT2D eigenvalue weighted by molar-refractivity contribution is 5.97. The molecular formula is C16H14O5. The normalized spacial score (nSPS) is 11.4. The van der Waals surface area contributed by atoms with Crippen molar-refractivity contribution in [3.63, 3.8) is 0 Å². The molecule has 0 atom stereocenters. The van der Waals surface area contributed by atoms with E-state index in [0.717, 1.165) is 22.1 Å². The molecule has 3 rings (SSSR count). The molecular weight excluding hydrogens is 272 g/mol. The number of rotatable bonds is 5. The van der Waals surface area contributed by atoms with Crippen LogP contribution in [0, 0.1) is 0 Å². The molecule has 0 saturated heterocycles. The van der Waals surface area contributed by atoms with Crippen molar-refractivity contribution in [1.82, 2.24) is 0 Å². The highest BCUT2D eigenvalue weighted by atomic mass is 16.5. The minimum absolute atomic E-state index is 0.0104. The molecule has 0 radical (unpaired) electrons. The first-order valence-electron chi connectivity index (χ1n) is 6.59. The molecule has 0 fully saturated rings. The molecule has 2 heterocycles. The Hall–Kier alpha value is -2.37. The van der Waals surface area contributed by atoms with Crippen molar-refractivity contribution in [2.24, 2.45) is 0 Å². The van der Waals surface area contributed by atoms with E-state index in [1.807, 2.05) is 24.3 Å². The van der Waals surface area contributed by atoms with Gasteiger partial charge >= 0.3 is 0 Å². The van der Waals surface area contributed by atoms with Gasteiger partial charge < -0.3 is 19.0 Å². The third-order valence-electron chi connectivity index (χ3n) is 3.30. The summed E-state index contributed by atoms with van der Waals surface area (Å²) in [6.45, 7) is 0. The molecule has 5 heteroatoms. The number of hydrogen-bond acceptors (Lipinski definition) is 5. The van der Waals surface area contributed by atoms with Crippen LogP contribution in [0.2, 0.25) is 0 Å². The SMILES string of the molecule is O=C(CCC(O)O)c1cc(-c2coc3ccccc23)co1. The van der Waals surface area contributed by atoms with Crippen LogP contribution in [0.1, 0.15) is 23.4 Å². The Kier molecular flexibility index (Phi) is 3.60. The van der Waals surface area contributed by atoms with E-state index in [-0.39, 0.29) is 24.4 Å². The summed E-state index contributed by atoms with van der Waals surface area (Å²) in [6.07, 6.45) is 1.66. The van der Waals surface area contributed by atoms with Gasteiger partial charge in [0.1, 0.15) is 5.58 Å². The number of aliphatic hydroxyl groups is 2. The zero-order chi connectivity index (χ0) is 14.8. The third-order valence-corrected chi connectivity index (χ3v) is 3.30. The van der Waals surface area contributed by atoms with Gasteiger partial charge in [-0.25, -0.2) is 0 Å². The van der Waals surface area contributed by atoms with E-state index in [1.165, 1.54) is 6.26 Å². The number of benzene rings is 1. The smallest absolute Gasteiger partial charge is 0.198 e. The van der Waals surface area contributed by atoms with Crippen molar-refractivity contribution in [2.75, 3.05) is 0 Å². The molecule has 3 aromatic rings. The van der Waals surface area contributed by atoms with Crippen molar-refractivity contribution < 1.29 is 23.8 Å². The molecule has 0 aliphatic heterocycles. The number of aliphatic hydroxyl groups excluding tert-OH is 1. The van der Waals surface area contributed by atoms with Gasteiger partial charge in [-0.05, 0) is 12.1 Å². The summed E-state index contributed by atoms with van der Waals surface area (Å²) in [5, 5.41) is 18.5. The van der Waals surface area contributed by atoms with Crippen LogP contribution in [0.4, 0.5) is 0 Å². The van der Waals surface area contributed by atoms with Gasteiger partial charge in [-0.2, -0.15) is 0 Å². The second-order valence-electron chi connectivity index (χ2n) is 4.79. The Bertz CT molecular complexity index is 766. The maximum absolute atomic E-state index is 11.9. The summed E-state index contributed by atoms with van der Waals surface area (Å²) in [7, 11) is 0. The van der Waals surface area contributed by atoms with E-state index in [0.29, 0.717) is 0 Å². The average molecular weight is 286 g/mol. The summed E-state index contributed by atoms with van der Waals surface area (Å²) in [5.41, 5.74) is 2.38. The summed E-state index contributed by atoms with van der Waals surface area (Å²) in [6, 6.07) is 9.25. The molecule has 1 aromatic carbocycles. The summed E-state index contributed by atoms with van der Waals surface area (Å²) in [5.74, 6) is -0.0573. The van der Waals surface area contributed by atoms with Crippen LogP contribution in [0.15, 0.2) is 51.7 Å². The molecule has 2 N–H and O–H groups in total. The fourth-order valence-electron chi connectivity index (χ4n) is 2.21. The van der Waals surface area contributed by atoms with E-state index in [1.54, 1.807) is 12.3 Å². The molecule has 0 saturated carbocycles. The minimum Gasteiger partial charge on any atom is -0.464 e. The van der Waals surface area contributed by atoms with E-state index < -0.39 is 6.29 Å². The predicted octanol–water partition coefficient (Wildman–Crippen LogP) is 2.97. The summed E-state index contributed by atoms with van der Waals surface area (Å²) in [4.78, 5) is 11.9. The zero-order valence-corrected chi connectivity index (χ0v) is 11.2. The molecule has 108 valence electrons. The number of fused-ring (bicyclic) bond motifs is 1. The molecule has 5 nitrogen and oxygen atoms in total. The molecule has 0 amide bonds. The van der Waals surface area contributed by atoms with E-state index >= 15 is 0 Å². The van der Waals surface area contributed by atoms with Crippen molar-refractivity contribution in [3.8, 4) is 11.1 Å². The summed E-state index contributed by atoms with van der Waals surface area (Å²) < 4.78 is 10.7. The van der Waals surface area contributed by atoms with Crippen molar-refractivity contribution in [1.29, 1.82) is 0 Å². The topological polar surface area (TPSA) is 83.8 Å². The lowest BCUT2D eigenvalue weighted by Gasteiger charge is -1.99. The number of Topliss-reactive ketones (excluding diaryl/α,β-unsaturated/α-hetero) is 1. The third kappa shape index (κ3) is 2.74. The first-order chi connectivity index (χ1) is 10.1. The Morgan fingerprint density at radius 3 is 2.76 bits per heavy atom. The second-order valence-corrected chi connectivity index (χ2v) is 4.79. The first-order valence-corrected chi connectivity index (χ1v) is 6.59. The molecule has 0 bridgehead atoms. The molecule has 0 unspecified atom stereocenters. The Morgan fingerprint density at radius 2 is 1.95 bits per heavy atom. The van der Waals surface area contributed by atoms with Gasteiger partial charge in [0.25, 0.3) is 0 Å². The minimum atomic E-state index is -1.48. The number of hydrogen-bond donors (Lipinski definition) is 2. The average Bonchev–Trinajstić information content (AvgIpc) is 3.10. The van der Waals surface area contributed by atoms with E-state index in [4.69, 9.17) is 19.0 Å². The van der Waals surface area contributed by atoms with Gasteiger partial charge in [-0.1, -0.05) is 18.2 Å². The Labute approximate surface area is 120 Å². The second kappa shape index (κ2) is 5.55. The maximum Gasteiger partial charge on any atom is 0.198 e. The molecule has 2 aromatic heterocycles. The standard InChI is InChI=1S/C16H14O5/c17-13(5-6-16(18)19)15-7-10(8-20-15)12-9-21-14-4-2-1-3-11(12)14/h1-4,7-9,16,18-19H,5-6H2. The van der Waals surface area contributed by atoms with Gasteiger partial charge in [0.2, 0.25) is 0 Å². The van der Waals surface area contributed by atoms with Gasteiger partial charge in [-0.15, -0.1) is 0 Å².